The lowest BCUT2D eigenvalue weighted by molar-refractivity contribution is -0.153. The molecule has 188 valence electrons. The predicted molar refractivity (Wildman–Crippen MR) is 132 cm³/mol. The van der Waals surface area contributed by atoms with Gasteiger partial charge in [-0.05, 0) is 72.4 Å². The van der Waals surface area contributed by atoms with Gasteiger partial charge in [-0.2, -0.15) is 11.3 Å². The van der Waals surface area contributed by atoms with Crippen LogP contribution in [0.15, 0.2) is 39.8 Å². The maximum absolute atomic E-state index is 13.8. The maximum atomic E-state index is 13.8. The molecule has 3 aliphatic carbocycles. The van der Waals surface area contributed by atoms with Gasteiger partial charge in [0.1, 0.15) is 22.8 Å². The number of carbonyl (C=O) groups is 3. The number of Topliss-reactive ketones (excluding diaryl/α,β-unsaturated/α-hetero) is 2. The molecule has 1 aromatic carbocycles. The number of primary amides is 1. The van der Waals surface area contributed by atoms with E-state index in [0.717, 1.165) is 5.56 Å². The monoisotopic (exact) mass is 511 g/mol. The highest BCUT2D eigenvalue weighted by atomic mass is 32.1. The van der Waals surface area contributed by atoms with E-state index >= 15 is 0 Å². The SMILES string of the molecule is CN(C)[C@@H]1C(=O)C(C(N)=O)=C(O)[C@@]2(O)C(=O)C3=C(O)c4c(O)c(N)cc(-c5ccsc5)c4C[C@H]3C[C@@H]12. The van der Waals surface area contributed by atoms with E-state index in [1.54, 1.807) is 20.2 Å². The number of amides is 1. The third kappa shape index (κ3) is 3.00. The quantitative estimate of drug-likeness (QED) is 0.200. The van der Waals surface area contributed by atoms with Gasteiger partial charge >= 0.3 is 0 Å². The van der Waals surface area contributed by atoms with Crippen molar-refractivity contribution in [2.45, 2.75) is 24.5 Å². The third-order valence-corrected chi connectivity index (χ3v) is 8.27. The van der Waals surface area contributed by atoms with Gasteiger partial charge < -0.3 is 31.9 Å². The number of phenols is 1. The lowest BCUT2D eigenvalue weighted by Crippen LogP contribution is -2.65. The second-order valence-electron chi connectivity index (χ2n) is 9.69. The van der Waals surface area contributed by atoms with Crippen molar-refractivity contribution < 1.29 is 34.8 Å². The van der Waals surface area contributed by atoms with Crippen molar-refractivity contribution in [1.82, 2.24) is 4.90 Å². The van der Waals surface area contributed by atoms with Crippen LogP contribution in [-0.4, -0.2) is 68.5 Å². The summed E-state index contributed by atoms with van der Waals surface area (Å²) in [5.74, 6) is -6.97. The molecule has 1 heterocycles. The summed E-state index contributed by atoms with van der Waals surface area (Å²) >= 11 is 1.46. The van der Waals surface area contributed by atoms with Crippen LogP contribution in [0, 0.1) is 11.8 Å². The molecule has 0 aliphatic heterocycles. The standard InChI is InChI=1S/C25H25N3O7S/c1-28(2)18-13-6-10-5-12-11(9-3-4-36-8-9)7-14(26)19(29)16(12)20(30)15(10)22(32)25(13,35)23(33)17(21(18)31)24(27)34/h3-4,7-8,10,13,18,29-30,33,35H,5-6,26H2,1-2H3,(H2,27,34)/t10-,13-,18-,25-/m0/s1. The normalized spacial score (nSPS) is 27.7. The Hall–Kier alpha value is -3.67. The van der Waals surface area contributed by atoms with Crippen molar-refractivity contribution in [2.24, 2.45) is 17.6 Å². The second kappa shape index (κ2) is 7.92. The van der Waals surface area contributed by atoms with Crippen molar-refractivity contribution in [3.8, 4) is 16.9 Å². The highest BCUT2D eigenvalue weighted by Gasteiger charge is 2.64. The van der Waals surface area contributed by atoms with Crippen molar-refractivity contribution >= 4 is 40.3 Å². The molecular weight excluding hydrogens is 486 g/mol. The van der Waals surface area contributed by atoms with E-state index in [0.29, 0.717) is 11.1 Å². The number of aromatic hydroxyl groups is 1. The van der Waals surface area contributed by atoms with E-state index in [-0.39, 0.29) is 29.7 Å². The molecule has 0 saturated heterocycles. The maximum Gasteiger partial charge on any atom is 0.255 e. The van der Waals surface area contributed by atoms with E-state index < -0.39 is 63.8 Å². The first-order valence-electron chi connectivity index (χ1n) is 11.2. The van der Waals surface area contributed by atoms with Crippen LogP contribution >= 0.6 is 11.3 Å². The molecule has 10 nitrogen and oxygen atoms in total. The minimum absolute atomic E-state index is 0.00455. The average Bonchev–Trinajstić information content (AvgIpc) is 3.33. The molecule has 1 amide bonds. The number of aliphatic hydroxyl groups is 3. The first kappa shape index (κ1) is 24.0. The zero-order valence-corrected chi connectivity index (χ0v) is 20.3. The number of ketones is 2. The molecule has 3 aliphatic rings. The van der Waals surface area contributed by atoms with Crippen LogP contribution in [0.5, 0.6) is 5.75 Å². The molecule has 0 radical (unpaired) electrons. The summed E-state index contributed by atoms with van der Waals surface area (Å²) in [6, 6.07) is 2.35. The summed E-state index contributed by atoms with van der Waals surface area (Å²) in [6.45, 7) is 0. The van der Waals surface area contributed by atoms with Gasteiger partial charge in [-0.15, -0.1) is 0 Å². The fraction of sp³-hybridized carbons (Fsp3) is 0.320. The number of nitrogens with zero attached hydrogens (tertiary/aromatic N) is 1. The summed E-state index contributed by atoms with van der Waals surface area (Å²) in [6.07, 6.45) is 0.230. The number of rotatable bonds is 3. The van der Waals surface area contributed by atoms with E-state index in [2.05, 4.69) is 0 Å². The summed E-state index contributed by atoms with van der Waals surface area (Å²) in [7, 11) is 3.12. The first-order chi connectivity index (χ1) is 16.9. The van der Waals surface area contributed by atoms with Crippen molar-refractivity contribution in [2.75, 3.05) is 19.8 Å². The Morgan fingerprint density at radius 3 is 2.50 bits per heavy atom. The van der Waals surface area contributed by atoms with E-state index in [9.17, 15) is 34.8 Å². The number of fused-ring (bicyclic) bond motifs is 3. The Morgan fingerprint density at radius 1 is 1.22 bits per heavy atom. The van der Waals surface area contributed by atoms with Gasteiger partial charge in [-0.3, -0.25) is 19.3 Å². The van der Waals surface area contributed by atoms with Crippen LogP contribution in [-0.2, 0) is 20.8 Å². The number of phenolic OH excluding ortho intramolecular Hbond substituents is 1. The molecule has 1 saturated carbocycles. The molecule has 36 heavy (non-hydrogen) atoms. The molecule has 0 spiro atoms. The molecule has 8 N–H and O–H groups in total. The van der Waals surface area contributed by atoms with Gasteiger partial charge in [0.25, 0.3) is 5.91 Å². The zero-order valence-electron chi connectivity index (χ0n) is 19.5. The highest BCUT2D eigenvalue weighted by molar-refractivity contribution is 7.08. The molecule has 1 fully saturated rings. The fourth-order valence-corrected chi connectivity index (χ4v) is 6.66. The number of nitrogen functional groups attached to an aromatic ring is 1. The van der Waals surface area contributed by atoms with Crippen molar-refractivity contribution in [3.05, 3.63) is 50.9 Å². The zero-order chi connectivity index (χ0) is 26.3. The van der Waals surface area contributed by atoms with Gasteiger partial charge in [0.05, 0.1) is 17.3 Å². The molecule has 5 rings (SSSR count). The molecule has 2 aromatic rings. The average molecular weight is 512 g/mol. The predicted octanol–water partition coefficient (Wildman–Crippen LogP) is 1.27. The smallest absolute Gasteiger partial charge is 0.255 e. The van der Waals surface area contributed by atoms with Gasteiger partial charge in [0.2, 0.25) is 5.78 Å². The van der Waals surface area contributed by atoms with Crippen LogP contribution in [0.3, 0.4) is 0 Å². The number of nitrogens with two attached hydrogens (primary N) is 2. The lowest BCUT2D eigenvalue weighted by atomic mass is 9.57. The summed E-state index contributed by atoms with van der Waals surface area (Å²) in [5.41, 5.74) is 9.70. The molecule has 0 unspecified atom stereocenters. The lowest BCUT2D eigenvalue weighted by Gasteiger charge is -2.50. The number of aliphatic hydroxyl groups excluding tert-OH is 2. The van der Waals surface area contributed by atoms with Gasteiger partial charge in [0.15, 0.2) is 11.4 Å². The molecule has 1 aromatic heterocycles. The van der Waals surface area contributed by atoms with Crippen LogP contribution in [0.1, 0.15) is 17.5 Å². The Balaban J connectivity index is 1.77. The fourth-order valence-electron chi connectivity index (χ4n) is 6.01. The van der Waals surface area contributed by atoms with Crippen LogP contribution in [0.25, 0.3) is 16.9 Å². The number of thiophene rings is 1. The van der Waals surface area contributed by atoms with E-state index in [1.165, 1.54) is 16.2 Å². The number of carbonyl (C=O) groups excluding carboxylic acids is 3. The Labute approximate surface area is 209 Å². The highest BCUT2D eigenvalue weighted by Crippen LogP contribution is 2.54. The Morgan fingerprint density at radius 2 is 1.92 bits per heavy atom. The summed E-state index contributed by atoms with van der Waals surface area (Å²) < 4.78 is 0. The van der Waals surface area contributed by atoms with Crippen molar-refractivity contribution in [1.29, 1.82) is 0 Å². The Bertz CT molecular complexity index is 1410. The largest absolute Gasteiger partial charge is 0.508 e. The summed E-state index contributed by atoms with van der Waals surface area (Å²) in [5, 5.41) is 48.4. The molecule has 0 bridgehead atoms. The van der Waals surface area contributed by atoms with Gasteiger partial charge in [0, 0.05) is 11.5 Å². The molecule has 11 heteroatoms. The van der Waals surface area contributed by atoms with Crippen LogP contribution in [0.2, 0.25) is 0 Å². The van der Waals surface area contributed by atoms with Crippen LogP contribution in [0.4, 0.5) is 5.69 Å². The minimum atomic E-state index is -2.67. The molecular formula is C25H25N3O7S. The first-order valence-corrected chi connectivity index (χ1v) is 12.2. The second-order valence-corrected chi connectivity index (χ2v) is 10.5. The minimum Gasteiger partial charge on any atom is -0.508 e. The van der Waals surface area contributed by atoms with Gasteiger partial charge in [-0.1, -0.05) is 0 Å². The number of anilines is 1. The van der Waals surface area contributed by atoms with Gasteiger partial charge in [-0.25, -0.2) is 0 Å². The van der Waals surface area contributed by atoms with E-state index in [4.69, 9.17) is 11.5 Å². The van der Waals surface area contributed by atoms with E-state index in [1.807, 2.05) is 16.8 Å². The van der Waals surface area contributed by atoms with Crippen LogP contribution < -0.4 is 11.5 Å². The topological polar surface area (TPSA) is 187 Å². The number of hydrogen-bond donors (Lipinski definition) is 6. The Kier molecular flexibility index (Phi) is 5.29. The van der Waals surface area contributed by atoms with Crippen molar-refractivity contribution in [3.63, 3.8) is 0 Å². The number of likely N-dealkylation sites (N-methyl/N-ethyl adjacent to an activating group) is 1. The third-order valence-electron chi connectivity index (χ3n) is 7.58. The number of benzene rings is 1. The molecule has 4 atom stereocenters. The number of hydrogen-bond acceptors (Lipinski definition) is 10. The summed E-state index contributed by atoms with van der Waals surface area (Å²) in [4.78, 5) is 40.5.